The third kappa shape index (κ3) is 14.5. The molecule has 0 amide bonds. The van der Waals surface area contributed by atoms with Crippen molar-refractivity contribution < 1.29 is 40.2 Å². The molecule has 12 aromatic rings. The Morgan fingerprint density at radius 2 is 0.940 bits per heavy atom. The Balaban J connectivity index is 0.000000141. The van der Waals surface area contributed by atoms with Gasteiger partial charge in [-0.3, -0.25) is 0 Å². The number of hydrogen-bond acceptors (Lipinski definition) is 6. The van der Waals surface area contributed by atoms with Crippen LogP contribution in [0.15, 0.2) is 183 Å². The minimum atomic E-state index is -1.48. The molecule has 0 bridgehead atoms. The van der Waals surface area contributed by atoms with Gasteiger partial charge in [0.15, 0.2) is 0 Å². The van der Waals surface area contributed by atoms with Gasteiger partial charge in [-0.1, -0.05) is 159 Å². The Morgan fingerprint density at radius 1 is 0.429 bits per heavy atom. The molecule has 2 fully saturated rings. The molecule has 6 aromatic heterocycles. The van der Waals surface area contributed by atoms with E-state index in [0.717, 1.165) is 33.9 Å². The van der Waals surface area contributed by atoms with Crippen molar-refractivity contribution in [2.45, 2.75) is 116 Å². The molecule has 6 aromatic carbocycles. The number of thiophene rings is 2. The maximum absolute atomic E-state index is 4.78. The summed E-state index contributed by atoms with van der Waals surface area (Å²) in [6.45, 7) is 18.7. The second kappa shape index (κ2) is 28.1. The van der Waals surface area contributed by atoms with E-state index in [0.29, 0.717) is 11.8 Å². The minimum Gasteiger partial charge on any atom is -0.305 e. The van der Waals surface area contributed by atoms with Gasteiger partial charge in [0, 0.05) is 82.5 Å². The number of benzene rings is 6. The van der Waals surface area contributed by atoms with Gasteiger partial charge in [0.2, 0.25) is 0 Å². The van der Waals surface area contributed by atoms with E-state index in [2.05, 4.69) is 171 Å². The Hall–Kier alpha value is -5.91. The van der Waals surface area contributed by atoms with Crippen molar-refractivity contribution in [3.05, 3.63) is 229 Å². The maximum atomic E-state index is 4.78. The SMILES string of the molecule is C[Si](C)(C)c1c[c-]c(-c2cc(C3CCCC3)ccn2)c2sc3ccccc3c12.C[Si](C)(C)c1cccc2sc3c(-c4cc(C5CCCC5)ccn4)[c-]ccc3c12.Cc1ccc(-c2[c-]cccc2)nc1.Cc1ccc(-c2[c-]cccc2)nc1.[Ir].[Ir]. The molecule has 430 valence electrons. The fourth-order valence-electron chi connectivity index (χ4n) is 11.7. The first-order chi connectivity index (χ1) is 39.8. The van der Waals surface area contributed by atoms with Crippen molar-refractivity contribution in [2.24, 2.45) is 0 Å². The summed E-state index contributed by atoms with van der Waals surface area (Å²) >= 11 is 3.80. The number of rotatable bonds is 8. The van der Waals surface area contributed by atoms with E-state index < -0.39 is 16.1 Å². The molecule has 10 heteroatoms. The number of fused-ring (bicyclic) bond motifs is 6. The van der Waals surface area contributed by atoms with Crippen LogP contribution in [0.4, 0.5) is 0 Å². The van der Waals surface area contributed by atoms with Crippen molar-refractivity contribution >= 4 is 89.5 Å². The van der Waals surface area contributed by atoms with Gasteiger partial charge in [0.05, 0.1) is 8.07 Å². The molecule has 2 aliphatic rings. The van der Waals surface area contributed by atoms with Gasteiger partial charge < -0.3 is 19.9 Å². The van der Waals surface area contributed by atoms with Gasteiger partial charge >= 0.3 is 0 Å². The van der Waals surface area contributed by atoms with Gasteiger partial charge in [0.1, 0.15) is 0 Å². The normalized spacial score (nSPS) is 13.5. The summed E-state index contributed by atoms with van der Waals surface area (Å²) in [5, 5.41) is 8.74. The van der Waals surface area contributed by atoms with Gasteiger partial charge in [-0.15, -0.1) is 118 Å². The Bertz CT molecular complexity index is 4020. The molecule has 4 nitrogen and oxygen atoms in total. The van der Waals surface area contributed by atoms with Crippen LogP contribution in [0.2, 0.25) is 39.3 Å². The molecule has 84 heavy (non-hydrogen) atoms. The number of nitrogens with zero attached hydrogens (tertiary/aromatic N) is 4. The molecule has 0 unspecified atom stereocenters. The summed E-state index contributed by atoms with van der Waals surface area (Å²) in [4.78, 5) is 18.2. The summed E-state index contributed by atoms with van der Waals surface area (Å²) in [5.41, 5.74) is 13.8. The van der Waals surface area contributed by atoms with Gasteiger partial charge in [0.25, 0.3) is 0 Å². The average Bonchev–Trinajstić information content (AvgIpc) is 2.26. The van der Waals surface area contributed by atoms with Crippen LogP contribution < -0.4 is 10.4 Å². The monoisotopic (exact) mass is 1520 g/mol. The molecular formula is C74H72Ir2N4S2Si2-4. The van der Waals surface area contributed by atoms with Crippen LogP contribution in [-0.2, 0) is 40.2 Å². The van der Waals surface area contributed by atoms with Crippen LogP contribution in [0.1, 0.15) is 85.5 Å². The van der Waals surface area contributed by atoms with E-state index in [9.17, 15) is 0 Å². The number of aryl methyl sites for hydroxylation is 2. The Morgan fingerprint density at radius 3 is 1.45 bits per heavy atom. The molecule has 0 aliphatic heterocycles. The zero-order chi connectivity index (χ0) is 56.8. The van der Waals surface area contributed by atoms with Gasteiger partial charge in [-0.05, 0) is 130 Å². The molecule has 14 rings (SSSR count). The minimum absolute atomic E-state index is 0. The molecule has 0 spiro atoms. The van der Waals surface area contributed by atoms with E-state index in [1.54, 1.807) is 5.19 Å². The standard InChI is InChI=1S/2C25H26NSSi.2C12H10N.2Ir/c1-28(2,3)23-13-7-12-22-24(23)20-11-6-10-19(25(20)27-22)21-16-18(14-15-26-21)17-8-4-5-9-17;1-28(2,3)23-13-12-19(25-24(23)20-10-6-7-11-22(20)27-25)21-16-18(14-15-26-21)17-8-4-5-9-17;2*1-10-7-8-12(13-9-10)11-5-3-2-4-6-11;;/h6-7,11-17H,4-5,8-9H2,1-3H3;6-7,10-11,13-17H,4-5,8-9H2,1-3H3;2*2-5,7-9H,1H3;;/q4*-1;;. The van der Waals surface area contributed by atoms with Crippen LogP contribution in [0.25, 0.3) is 85.4 Å². The molecular weight excluding hydrogens is 1450 g/mol. The maximum Gasteiger partial charge on any atom is 0.0783 e. The number of pyridine rings is 4. The molecule has 6 heterocycles. The number of hydrogen-bond donors (Lipinski definition) is 0. The number of aromatic nitrogens is 4. The Kier molecular flexibility index (Phi) is 20.9. The van der Waals surface area contributed by atoms with Crippen LogP contribution in [0.5, 0.6) is 0 Å². The summed E-state index contributed by atoms with van der Waals surface area (Å²) in [6.07, 6.45) is 18.5. The molecule has 2 aliphatic carbocycles. The van der Waals surface area contributed by atoms with E-state index in [1.165, 1.54) is 130 Å². The van der Waals surface area contributed by atoms with Crippen molar-refractivity contribution in [3.63, 3.8) is 0 Å². The summed E-state index contributed by atoms with van der Waals surface area (Å²) in [6, 6.07) is 68.7. The molecule has 0 N–H and O–H groups in total. The quantitative estimate of drug-likeness (QED) is 0.112. The average molecular weight is 1520 g/mol. The fraction of sp³-hybridized carbons (Fsp3) is 0.243. The van der Waals surface area contributed by atoms with E-state index in [-0.39, 0.29) is 40.2 Å². The van der Waals surface area contributed by atoms with E-state index in [1.807, 2.05) is 122 Å². The first kappa shape index (κ1) is 62.6. The zero-order valence-electron chi connectivity index (χ0n) is 49.4. The largest absolute Gasteiger partial charge is 0.305 e. The van der Waals surface area contributed by atoms with Crippen LogP contribution in [0.3, 0.4) is 0 Å². The summed E-state index contributed by atoms with van der Waals surface area (Å²) in [7, 11) is -2.90. The summed E-state index contributed by atoms with van der Waals surface area (Å²) in [5.74, 6) is 1.42. The predicted octanol–water partition coefficient (Wildman–Crippen LogP) is 19.9. The van der Waals surface area contributed by atoms with Crippen molar-refractivity contribution in [3.8, 4) is 45.0 Å². The first-order valence-corrected chi connectivity index (χ1v) is 37.8. The second-order valence-corrected chi connectivity index (χ2v) is 36.3. The fourth-order valence-corrected chi connectivity index (χ4v) is 17.5. The zero-order valence-corrected chi connectivity index (χ0v) is 57.8. The second-order valence-electron chi connectivity index (χ2n) is 24.2. The third-order valence-corrected chi connectivity index (χ3v) is 22.5. The van der Waals surface area contributed by atoms with E-state index >= 15 is 0 Å². The molecule has 2 radical (unpaired) electrons. The first-order valence-electron chi connectivity index (χ1n) is 29.2. The molecule has 2 saturated carbocycles. The Labute approximate surface area is 535 Å². The third-order valence-electron chi connectivity index (χ3n) is 16.1. The molecule has 0 atom stereocenters. The van der Waals surface area contributed by atoms with E-state index in [4.69, 9.17) is 9.97 Å². The smallest absolute Gasteiger partial charge is 0.0783 e. The van der Waals surface area contributed by atoms with Crippen LogP contribution in [-0.4, -0.2) is 36.1 Å². The van der Waals surface area contributed by atoms with Crippen molar-refractivity contribution in [2.75, 3.05) is 0 Å². The predicted molar refractivity (Wildman–Crippen MR) is 358 cm³/mol. The van der Waals surface area contributed by atoms with Gasteiger partial charge in [-0.25, -0.2) is 0 Å². The van der Waals surface area contributed by atoms with Gasteiger partial charge in [-0.2, -0.15) is 22.7 Å². The van der Waals surface area contributed by atoms with Crippen LogP contribution >= 0.6 is 22.7 Å². The van der Waals surface area contributed by atoms with Crippen molar-refractivity contribution in [1.29, 1.82) is 0 Å². The summed E-state index contributed by atoms with van der Waals surface area (Å²) < 4.78 is 5.45. The van der Waals surface area contributed by atoms with Crippen molar-refractivity contribution in [1.82, 2.24) is 19.9 Å². The topological polar surface area (TPSA) is 51.6 Å². The molecule has 0 saturated heterocycles. The van der Waals surface area contributed by atoms with Crippen LogP contribution in [0, 0.1) is 38.1 Å².